The normalized spacial score (nSPS) is 11.5. The summed E-state index contributed by atoms with van der Waals surface area (Å²) in [6.45, 7) is 0. The lowest BCUT2D eigenvalue weighted by Crippen LogP contribution is -2.03. The van der Waals surface area contributed by atoms with Gasteiger partial charge in [-0.1, -0.05) is 56.1 Å². The Morgan fingerprint density at radius 3 is 1.13 bits per heavy atom. The van der Waals surface area contributed by atoms with Gasteiger partial charge in [-0.25, -0.2) is 9.59 Å². The van der Waals surface area contributed by atoms with Crippen molar-refractivity contribution in [1.82, 2.24) is 0 Å². The van der Waals surface area contributed by atoms with E-state index in [9.17, 15) is 9.59 Å². The molecule has 0 radical (unpaired) electrons. The van der Waals surface area contributed by atoms with Crippen LogP contribution in [0.5, 0.6) is 11.5 Å². The summed E-state index contributed by atoms with van der Waals surface area (Å²) in [7, 11) is 0. The summed E-state index contributed by atoms with van der Waals surface area (Å²) in [4.78, 5) is 33.3. The van der Waals surface area contributed by atoms with E-state index in [4.69, 9.17) is 9.47 Å². The molecule has 5 aromatic rings. The van der Waals surface area contributed by atoms with Crippen LogP contribution in [0.4, 0.5) is 11.4 Å². The molecule has 0 aliphatic carbocycles. The standard InChI is InChI=1S/C38H26Br2N2O4/c39-31-11-1-27(2-12-31)9-23-37(43)45-35-19-5-29(6-20-35)25-41-33-15-17-34(18-16-33)42-26-30-7-21-36(22-8-30)46-38(44)24-10-28-3-13-32(40)14-4-28/h1-26H/b23-9-,24-10+,41-25?,42-26?. The van der Waals surface area contributed by atoms with Gasteiger partial charge < -0.3 is 9.47 Å². The molecule has 8 heteroatoms. The van der Waals surface area contributed by atoms with Gasteiger partial charge in [0.25, 0.3) is 0 Å². The Morgan fingerprint density at radius 2 is 0.783 bits per heavy atom. The van der Waals surface area contributed by atoms with E-state index < -0.39 is 11.9 Å². The minimum absolute atomic E-state index is 0.449. The van der Waals surface area contributed by atoms with Crippen LogP contribution in [0.2, 0.25) is 0 Å². The Morgan fingerprint density at radius 1 is 0.457 bits per heavy atom. The summed E-state index contributed by atoms with van der Waals surface area (Å²) in [5.74, 6) is -0.00636. The molecule has 0 aliphatic rings. The van der Waals surface area contributed by atoms with Crippen LogP contribution in [0.3, 0.4) is 0 Å². The van der Waals surface area contributed by atoms with E-state index in [-0.39, 0.29) is 0 Å². The van der Waals surface area contributed by atoms with Crippen molar-refractivity contribution in [3.8, 4) is 11.5 Å². The van der Waals surface area contributed by atoms with Crippen molar-refractivity contribution in [3.05, 3.63) is 165 Å². The van der Waals surface area contributed by atoms with Gasteiger partial charge in [-0.2, -0.15) is 0 Å². The van der Waals surface area contributed by atoms with Crippen molar-refractivity contribution in [3.63, 3.8) is 0 Å². The average Bonchev–Trinajstić information content (AvgIpc) is 3.08. The third kappa shape index (κ3) is 10.5. The summed E-state index contributed by atoms with van der Waals surface area (Å²) in [6.07, 6.45) is 9.68. The van der Waals surface area contributed by atoms with E-state index in [1.807, 2.05) is 97.1 Å². The van der Waals surface area contributed by atoms with Crippen molar-refractivity contribution in [2.75, 3.05) is 0 Å². The van der Waals surface area contributed by atoms with Gasteiger partial charge in [-0.05, 0) is 131 Å². The number of aliphatic imine (C=N–C) groups is 2. The number of rotatable bonds is 10. The largest absolute Gasteiger partial charge is 0.423 e. The first kappa shape index (κ1) is 32.2. The Kier molecular flexibility index (Phi) is 11.4. The first-order valence-corrected chi connectivity index (χ1v) is 15.7. The second-order valence-electron chi connectivity index (χ2n) is 9.78. The molecular weight excluding hydrogens is 708 g/mol. The van der Waals surface area contributed by atoms with Crippen LogP contribution in [0.25, 0.3) is 12.2 Å². The van der Waals surface area contributed by atoms with Gasteiger partial charge in [0.15, 0.2) is 0 Å². The highest BCUT2D eigenvalue weighted by molar-refractivity contribution is 9.10. The number of carbonyl (C=O) groups excluding carboxylic acids is 2. The molecule has 0 N–H and O–H groups in total. The van der Waals surface area contributed by atoms with Crippen molar-refractivity contribution in [2.45, 2.75) is 0 Å². The monoisotopic (exact) mass is 732 g/mol. The molecule has 5 aromatic carbocycles. The van der Waals surface area contributed by atoms with Gasteiger partial charge in [0.1, 0.15) is 11.5 Å². The molecule has 0 unspecified atom stereocenters. The van der Waals surface area contributed by atoms with E-state index in [0.717, 1.165) is 42.6 Å². The van der Waals surface area contributed by atoms with E-state index in [2.05, 4.69) is 41.8 Å². The third-order valence-electron chi connectivity index (χ3n) is 6.34. The summed E-state index contributed by atoms with van der Waals surface area (Å²) < 4.78 is 12.7. The fraction of sp³-hybridized carbons (Fsp3) is 0. The zero-order valence-corrected chi connectivity index (χ0v) is 27.5. The maximum absolute atomic E-state index is 12.1. The van der Waals surface area contributed by atoms with Crippen LogP contribution >= 0.6 is 31.9 Å². The molecule has 0 fully saturated rings. The van der Waals surface area contributed by atoms with Crippen LogP contribution in [-0.2, 0) is 9.59 Å². The fourth-order valence-electron chi connectivity index (χ4n) is 3.94. The second-order valence-corrected chi connectivity index (χ2v) is 11.6. The highest BCUT2D eigenvalue weighted by atomic mass is 79.9. The van der Waals surface area contributed by atoms with Gasteiger partial charge in [-0.15, -0.1) is 0 Å². The lowest BCUT2D eigenvalue weighted by Gasteiger charge is -2.02. The van der Waals surface area contributed by atoms with E-state index in [0.29, 0.717) is 11.5 Å². The average molecular weight is 734 g/mol. The molecule has 226 valence electrons. The van der Waals surface area contributed by atoms with E-state index in [1.165, 1.54) is 12.2 Å². The van der Waals surface area contributed by atoms with Crippen LogP contribution in [0.1, 0.15) is 22.3 Å². The van der Waals surface area contributed by atoms with Crippen LogP contribution in [0, 0.1) is 0 Å². The number of esters is 2. The predicted molar refractivity (Wildman–Crippen MR) is 191 cm³/mol. The van der Waals surface area contributed by atoms with Gasteiger partial charge in [0.2, 0.25) is 0 Å². The molecular formula is C38H26Br2N2O4. The Bertz CT molecular complexity index is 1750. The van der Waals surface area contributed by atoms with Gasteiger partial charge in [-0.3, -0.25) is 9.98 Å². The summed E-state index contributed by atoms with van der Waals surface area (Å²) in [6, 6.07) is 37.0. The summed E-state index contributed by atoms with van der Waals surface area (Å²) in [5.41, 5.74) is 5.07. The van der Waals surface area contributed by atoms with E-state index >= 15 is 0 Å². The molecule has 46 heavy (non-hydrogen) atoms. The smallest absolute Gasteiger partial charge is 0.336 e. The van der Waals surface area contributed by atoms with Crippen molar-refractivity contribution in [2.24, 2.45) is 9.98 Å². The molecule has 0 saturated heterocycles. The van der Waals surface area contributed by atoms with Crippen molar-refractivity contribution < 1.29 is 19.1 Å². The topological polar surface area (TPSA) is 77.3 Å². The number of hydrogen-bond donors (Lipinski definition) is 0. The van der Waals surface area contributed by atoms with Crippen molar-refractivity contribution >= 4 is 79.8 Å². The fourth-order valence-corrected chi connectivity index (χ4v) is 4.47. The molecule has 0 bridgehead atoms. The number of carbonyl (C=O) groups is 2. The number of nitrogens with zero attached hydrogens (tertiary/aromatic N) is 2. The Labute approximate surface area is 283 Å². The van der Waals surface area contributed by atoms with Crippen LogP contribution < -0.4 is 9.47 Å². The number of halogens is 2. The molecule has 5 rings (SSSR count). The van der Waals surface area contributed by atoms with E-state index in [1.54, 1.807) is 48.8 Å². The number of ether oxygens (including phenoxy) is 2. The highest BCUT2D eigenvalue weighted by Crippen LogP contribution is 2.20. The second kappa shape index (κ2) is 16.2. The number of benzene rings is 5. The third-order valence-corrected chi connectivity index (χ3v) is 7.39. The van der Waals surface area contributed by atoms with Gasteiger partial charge in [0.05, 0.1) is 11.4 Å². The SMILES string of the molecule is O=C(/C=C\c1ccc(Br)cc1)Oc1ccc(C=Nc2ccc(N=Cc3ccc(OC(=O)/C=C/c4ccc(Br)cc4)cc3)cc2)cc1. The quantitative estimate of drug-likeness (QED) is 0.0620. The maximum atomic E-state index is 12.1. The summed E-state index contributed by atoms with van der Waals surface area (Å²) >= 11 is 6.78. The molecule has 6 nitrogen and oxygen atoms in total. The lowest BCUT2D eigenvalue weighted by atomic mass is 10.2. The van der Waals surface area contributed by atoms with Gasteiger partial charge >= 0.3 is 11.9 Å². The Hall–Kier alpha value is -5.18. The molecule has 0 spiro atoms. The lowest BCUT2D eigenvalue weighted by molar-refractivity contribution is -0.129. The first-order chi connectivity index (χ1) is 22.4. The maximum Gasteiger partial charge on any atom is 0.336 e. The first-order valence-electron chi connectivity index (χ1n) is 14.1. The minimum atomic E-state index is -0.452. The number of hydrogen-bond acceptors (Lipinski definition) is 6. The highest BCUT2D eigenvalue weighted by Gasteiger charge is 2.02. The zero-order chi connectivity index (χ0) is 32.1. The Balaban J connectivity index is 1.08. The van der Waals surface area contributed by atoms with Crippen LogP contribution in [-0.4, -0.2) is 24.4 Å². The van der Waals surface area contributed by atoms with Gasteiger partial charge in [0, 0.05) is 33.5 Å². The molecule has 0 heterocycles. The predicted octanol–water partition coefficient (Wildman–Crippen LogP) is 9.95. The van der Waals surface area contributed by atoms with Crippen LogP contribution in [0.15, 0.2) is 152 Å². The summed E-state index contributed by atoms with van der Waals surface area (Å²) in [5, 5.41) is 0. The molecule has 0 amide bonds. The minimum Gasteiger partial charge on any atom is -0.423 e. The zero-order valence-electron chi connectivity index (χ0n) is 24.3. The molecule has 0 saturated carbocycles. The molecule has 0 aliphatic heterocycles. The van der Waals surface area contributed by atoms with Crippen molar-refractivity contribution in [1.29, 1.82) is 0 Å². The molecule has 0 atom stereocenters. The molecule has 0 aromatic heterocycles.